The Morgan fingerprint density at radius 3 is 2.66 bits per heavy atom. The molecule has 0 radical (unpaired) electrons. The second kappa shape index (κ2) is 11.5. The van der Waals surface area contributed by atoms with Crippen LogP contribution in [0.3, 0.4) is 0 Å². The van der Waals surface area contributed by atoms with Crippen LogP contribution in [-0.4, -0.2) is 44.2 Å². The van der Waals surface area contributed by atoms with Gasteiger partial charge >= 0.3 is 0 Å². The van der Waals surface area contributed by atoms with E-state index in [9.17, 15) is 4.79 Å². The zero-order valence-electron chi connectivity index (χ0n) is 17.4. The Labute approximate surface area is 177 Å². The van der Waals surface area contributed by atoms with Crippen LogP contribution in [0.25, 0.3) is 6.08 Å². The SMILES string of the molecule is CCOc1cc(/C=C/C(=O)NCC(c2ccco2)N(CC)CC)cc(Cl)c1OC. The predicted octanol–water partition coefficient (Wildman–Crippen LogP) is 4.55. The summed E-state index contributed by atoms with van der Waals surface area (Å²) < 4.78 is 16.4. The van der Waals surface area contributed by atoms with Crippen molar-refractivity contribution < 1.29 is 18.7 Å². The van der Waals surface area contributed by atoms with Gasteiger partial charge in [0, 0.05) is 12.6 Å². The van der Waals surface area contributed by atoms with Crippen LogP contribution in [0.4, 0.5) is 0 Å². The van der Waals surface area contributed by atoms with Crippen molar-refractivity contribution in [3.8, 4) is 11.5 Å². The topological polar surface area (TPSA) is 63.9 Å². The number of carbonyl (C=O) groups is 1. The van der Waals surface area contributed by atoms with Crippen LogP contribution in [0, 0.1) is 0 Å². The number of methoxy groups -OCH3 is 1. The number of amides is 1. The quantitative estimate of drug-likeness (QED) is 0.540. The highest BCUT2D eigenvalue weighted by molar-refractivity contribution is 6.32. The highest BCUT2D eigenvalue weighted by Crippen LogP contribution is 2.36. The van der Waals surface area contributed by atoms with Crippen LogP contribution >= 0.6 is 11.6 Å². The van der Waals surface area contributed by atoms with Crippen molar-refractivity contribution >= 4 is 23.6 Å². The van der Waals surface area contributed by atoms with Crippen LogP contribution in [0.5, 0.6) is 11.5 Å². The molecule has 1 aromatic carbocycles. The molecule has 1 amide bonds. The molecule has 7 heteroatoms. The van der Waals surface area contributed by atoms with E-state index >= 15 is 0 Å². The molecule has 0 aliphatic carbocycles. The molecule has 1 heterocycles. The molecular weight excluding hydrogens is 392 g/mol. The third-order valence-corrected chi connectivity index (χ3v) is 4.84. The summed E-state index contributed by atoms with van der Waals surface area (Å²) in [5, 5.41) is 3.38. The van der Waals surface area contributed by atoms with Gasteiger partial charge in [-0.3, -0.25) is 9.69 Å². The van der Waals surface area contributed by atoms with Crippen molar-refractivity contribution in [2.24, 2.45) is 0 Å². The Kier molecular flexibility index (Phi) is 9.09. The average molecular weight is 421 g/mol. The van der Waals surface area contributed by atoms with Gasteiger partial charge in [0.15, 0.2) is 11.5 Å². The first-order valence-corrected chi connectivity index (χ1v) is 10.1. The second-order valence-electron chi connectivity index (χ2n) is 6.30. The minimum absolute atomic E-state index is 0.0164. The van der Waals surface area contributed by atoms with Gasteiger partial charge in [0.1, 0.15) is 5.76 Å². The van der Waals surface area contributed by atoms with Crippen molar-refractivity contribution in [3.05, 3.63) is 53.0 Å². The third-order valence-electron chi connectivity index (χ3n) is 4.56. The fourth-order valence-electron chi connectivity index (χ4n) is 3.13. The molecule has 29 heavy (non-hydrogen) atoms. The number of halogens is 1. The van der Waals surface area contributed by atoms with Crippen LogP contribution < -0.4 is 14.8 Å². The van der Waals surface area contributed by atoms with Crippen molar-refractivity contribution in [3.63, 3.8) is 0 Å². The van der Waals surface area contributed by atoms with Gasteiger partial charge in [0.05, 0.1) is 31.0 Å². The van der Waals surface area contributed by atoms with Crippen LogP contribution in [0.1, 0.15) is 38.1 Å². The first-order valence-electron chi connectivity index (χ1n) is 9.77. The predicted molar refractivity (Wildman–Crippen MR) is 116 cm³/mol. The van der Waals surface area contributed by atoms with Gasteiger partial charge in [0.25, 0.3) is 0 Å². The lowest BCUT2D eigenvalue weighted by molar-refractivity contribution is -0.116. The second-order valence-corrected chi connectivity index (χ2v) is 6.71. The van der Waals surface area contributed by atoms with Gasteiger partial charge in [-0.2, -0.15) is 0 Å². The number of ether oxygens (including phenoxy) is 2. The minimum Gasteiger partial charge on any atom is -0.491 e. The molecule has 0 fully saturated rings. The van der Waals surface area contributed by atoms with Gasteiger partial charge in [-0.15, -0.1) is 0 Å². The minimum atomic E-state index is -0.196. The molecule has 2 rings (SSSR count). The van der Waals surface area contributed by atoms with Crippen molar-refractivity contribution in [2.75, 3.05) is 33.4 Å². The number of carbonyl (C=O) groups excluding carboxylic acids is 1. The van der Waals surface area contributed by atoms with Gasteiger partial charge in [-0.05, 0) is 55.9 Å². The van der Waals surface area contributed by atoms with E-state index in [0.717, 1.165) is 24.4 Å². The summed E-state index contributed by atoms with van der Waals surface area (Å²) in [7, 11) is 1.54. The molecule has 1 unspecified atom stereocenters. The highest BCUT2D eigenvalue weighted by Gasteiger charge is 2.20. The number of nitrogens with zero attached hydrogens (tertiary/aromatic N) is 1. The van der Waals surface area contributed by atoms with Gasteiger partial charge in [0.2, 0.25) is 5.91 Å². The molecule has 1 atom stereocenters. The van der Waals surface area contributed by atoms with E-state index in [4.69, 9.17) is 25.5 Å². The lowest BCUT2D eigenvalue weighted by atomic mass is 10.1. The molecule has 1 aromatic heterocycles. The molecule has 158 valence electrons. The smallest absolute Gasteiger partial charge is 0.244 e. The van der Waals surface area contributed by atoms with Crippen molar-refractivity contribution in [1.82, 2.24) is 10.2 Å². The first kappa shape index (κ1) is 22.8. The van der Waals surface area contributed by atoms with E-state index in [1.165, 1.54) is 13.2 Å². The summed E-state index contributed by atoms with van der Waals surface area (Å²) >= 11 is 6.26. The van der Waals surface area contributed by atoms with E-state index in [-0.39, 0.29) is 11.9 Å². The summed E-state index contributed by atoms with van der Waals surface area (Å²) in [6.07, 6.45) is 4.83. The van der Waals surface area contributed by atoms with Crippen LogP contribution in [0.15, 0.2) is 41.0 Å². The molecule has 0 aliphatic rings. The zero-order valence-corrected chi connectivity index (χ0v) is 18.2. The molecule has 2 aromatic rings. The Hall–Kier alpha value is -2.44. The number of nitrogens with one attached hydrogen (secondary N) is 1. The van der Waals surface area contributed by atoms with Gasteiger partial charge in [-0.1, -0.05) is 25.4 Å². The molecule has 0 saturated carbocycles. The van der Waals surface area contributed by atoms with E-state index in [0.29, 0.717) is 29.7 Å². The summed E-state index contributed by atoms with van der Waals surface area (Å²) in [5.41, 5.74) is 0.751. The Balaban J connectivity index is 2.07. The zero-order chi connectivity index (χ0) is 21.2. The van der Waals surface area contributed by atoms with Crippen LogP contribution in [-0.2, 0) is 4.79 Å². The Morgan fingerprint density at radius 1 is 1.31 bits per heavy atom. The van der Waals surface area contributed by atoms with Crippen molar-refractivity contribution in [1.29, 1.82) is 0 Å². The summed E-state index contributed by atoms with van der Waals surface area (Å²) in [5.74, 6) is 1.66. The van der Waals surface area contributed by atoms with E-state index in [1.54, 1.807) is 24.5 Å². The lowest BCUT2D eigenvalue weighted by Crippen LogP contribution is -2.37. The third kappa shape index (κ3) is 6.27. The molecule has 1 N–H and O–H groups in total. The van der Waals surface area contributed by atoms with Gasteiger partial charge < -0.3 is 19.2 Å². The monoisotopic (exact) mass is 420 g/mol. The first-order chi connectivity index (χ1) is 14.0. The number of benzene rings is 1. The maximum Gasteiger partial charge on any atom is 0.244 e. The van der Waals surface area contributed by atoms with E-state index in [1.807, 2.05) is 19.1 Å². The number of furan rings is 1. The summed E-state index contributed by atoms with van der Waals surface area (Å²) in [6, 6.07) is 7.29. The fourth-order valence-corrected chi connectivity index (χ4v) is 3.42. The Bertz CT molecular complexity index is 801. The normalized spacial score (nSPS) is 12.3. The van der Waals surface area contributed by atoms with Gasteiger partial charge in [-0.25, -0.2) is 0 Å². The lowest BCUT2D eigenvalue weighted by Gasteiger charge is -2.28. The molecule has 0 aliphatic heterocycles. The van der Waals surface area contributed by atoms with Crippen molar-refractivity contribution in [2.45, 2.75) is 26.8 Å². The Morgan fingerprint density at radius 2 is 2.07 bits per heavy atom. The standard InChI is InChI=1S/C22H29ClN2O4/c1-5-25(6-2)18(19-9-8-12-29-19)15-24-21(26)11-10-16-13-17(23)22(27-4)20(14-16)28-7-3/h8-14,18H,5-7,15H2,1-4H3,(H,24,26)/b11-10+. The van der Waals surface area contributed by atoms with E-state index in [2.05, 4.69) is 24.1 Å². The number of rotatable bonds is 11. The molecule has 0 spiro atoms. The maximum absolute atomic E-state index is 12.4. The highest BCUT2D eigenvalue weighted by atomic mass is 35.5. The summed E-state index contributed by atoms with van der Waals surface area (Å²) in [6.45, 7) is 8.71. The largest absolute Gasteiger partial charge is 0.491 e. The average Bonchev–Trinajstić information content (AvgIpc) is 3.24. The van der Waals surface area contributed by atoms with E-state index < -0.39 is 0 Å². The fraction of sp³-hybridized carbons (Fsp3) is 0.409. The molecule has 6 nitrogen and oxygen atoms in total. The molecule has 0 saturated heterocycles. The summed E-state index contributed by atoms with van der Waals surface area (Å²) in [4.78, 5) is 14.6. The number of likely N-dealkylation sites (N-methyl/N-ethyl adjacent to an activating group) is 1. The molecule has 0 bridgehead atoms. The van der Waals surface area contributed by atoms with Crippen LogP contribution in [0.2, 0.25) is 5.02 Å². The number of hydrogen-bond donors (Lipinski definition) is 1. The molecular formula is C22H29ClN2O4. The maximum atomic E-state index is 12.4. The number of hydrogen-bond acceptors (Lipinski definition) is 5.